The summed E-state index contributed by atoms with van der Waals surface area (Å²) in [4.78, 5) is 8.30. The highest BCUT2D eigenvalue weighted by molar-refractivity contribution is 7.92. The second kappa shape index (κ2) is 4.84. The molecule has 0 aliphatic rings. The van der Waals surface area contributed by atoms with E-state index in [2.05, 4.69) is 14.7 Å². The molecule has 0 radical (unpaired) electrons. The van der Waals surface area contributed by atoms with Gasteiger partial charge in [0.1, 0.15) is 4.90 Å². The fourth-order valence-corrected chi connectivity index (χ4v) is 3.65. The molecule has 0 saturated heterocycles. The van der Waals surface area contributed by atoms with Gasteiger partial charge in [0, 0.05) is 12.4 Å². The Morgan fingerprint density at radius 1 is 1.25 bits per heavy atom. The number of sulfonamides is 1. The number of benzene rings is 1. The zero-order valence-electron chi connectivity index (χ0n) is 10.6. The highest BCUT2D eigenvalue weighted by Gasteiger charge is 2.14. The summed E-state index contributed by atoms with van der Waals surface area (Å²) < 4.78 is 27.9. The fraction of sp³-hybridized carbons (Fsp3) is 0.0769. The molecule has 1 aromatic carbocycles. The van der Waals surface area contributed by atoms with Crippen molar-refractivity contribution in [3.8, 4) is 0 Å². The quantitative estimate of drug-likeness (QED) is 0.807. The first-order chi connectivity index (χ1) is 9.54. The topological polar surface area (TPSA) is 72.0 Å². The van der Waals surface area contributed by atoms with Gasteiger partial charge in [0.15, 0.2) is 0 Å². The molecule has 2 aromatic heterocycles. The van der Waals surface area contributed by atoms with E-state index >= 15 is 0 Å². The van der Waals surface area contributed by atoms with Crippen LogP contribution >= 0.6 is 11.3 Å². The molecule has 2 heterocycles. The molecular weight excluding hydrogens is 294 g/mol. The van der Waals surface area contributed by atoms with Crippen molar-refractivity contribution in [3.63, 3.8) is 0 Å². The molecule has 0 aliphatic carbocycles. The predicted octanol–water partition coefficient (Wildman–Crippen LogP) is 2.80. The van der Waals surface area contributed by atoms with Gasteiger partial charge in [0.2, 0.25) is 0 Å². The van der Waals surface area contributed by atoms with Crippen molar-refractivity contribution in [3.05, 3.63) is 47.7 Å². The van der Waals surface area contributed by atoms with Crippen molar-refractivity contribution in [1.29, 1.82) is 0 Å². The number of anilines is 1. The lowest BCUT2D eigenvalue weighted by Crippen LogP contribution is -2.12. The molecule has 5 nitrogen and oxygen atoms in total. The summed E-state index contributed by atoms with van der Waals surface area (Å²) in [5.41, 5.74) is 1.28. The number of hydrogen-bond acceptors (Lipinski definition) is 5. The van der Waals surface area contributed by atoms with Gasteiger partial charge in [-0.1, -0.05) is 0 Å². The Balaban J connectivity index is 1.96. The summed E-state index contributed by atoms with van der Waals surface area (Å²) in [5, 5.41) is 0.951. The van der Waals surface area contributed by atoms with Crippen LogP contribution in [-0.4, -0.2) is 18.4 Å². The van der Waals surface area contributed by atoms with Crippen molar-refractivity contribution in [2.45, 2.75) is 11.8 Å². The summed E-state index contributed by atoms with van der Waals surface area (Å²) in [5.74, 6) is 0. The third-order valence-electron chi connectivity index (χ3n) is 2.69. The maximum atomic E-state index is 12.2. The lowest BCUT2D eigenvalue weighted by atomic mass is 10.3. The number of pyridine rings is 1. The predicted molar refractivity (Wildman–Crippen MR) is 79.4 cm³/mol. The minimum absolute atomic E-state index is 0.134. The first-order valence-corrected chi connectivity index (χ1v) is 8.15. The molecule has 3 rings (SSSR count). The number of fused-ring (bicyclic) bond motifs is 1. The molecule has 0 atom stereocenters. The van der Waals surface area contributed by atoms with E-state index in [1.165, 1.54) is 18.5 Å². The van der Waals surface area contributed by atoms with Gasteiger partial charge in [-0.3, -0.25) is 9.71 Å². The average Bonchev–Trinajstić information content (AvgIpc) is 2.79. The molecule has 102 valence electrons. The number of aryl methyl sites for hydroxylation is 1. The van der Waals surface area contributed by atoms with Crippen molar-refractivity contribution in [2.75, 3.05) is 4.72 Å². The van der Waals surface area contributed by atoms with Crippen molar-refractivity contribution < 1.29 is 8.42 Å². The molecule has 0 unspecified atom stereocenters. The Labute approximate surface area is 120 Å². The number of nitrogens with one attached hydrogen (secondary N) is 1. The van der Waals surface area contributed by atoms with Crippen LogP contribution in [0.15, 0.2) is 47.6 Å². The lowest BCUT2D eigenvalue weighted by Gasteiger charge is -2.07. The maximum absolute atomic E-state index is 12.2. The van der Waals surface area contributed by atoms with E-state index < -0.39 is 10.0 Å². The van der Waals surface area contributed by atoms with Gasteiger partial charge in [0.05, 0.1) is 20.9 Å². The number of aromatic nitrogens is 2. The van der Waals surface area contributed by atoms with Crippen LogP contribution in [0.25, 0.3) is 10.2 Å². The van der Waals surface area contributed by atoms with Crippen LogP contribution in [0.4, 0.5) is 5.69 Å². The Bertz CT molecular complexity index is 858. The zero-order chi connectivity index (χ0) is 14.2. The Kier molecular flexibility index (Phi) is 3.15. The summed E-state index contributed by atoms with van der Waals surface area (Å²) in [7, 11) is -3.61. The molecule has 0 bridgehead atoms. The van der Waals surface area contributed by atoms with Gasteiger partial charge in [-0.25, -0.2) is 13.4 Å². The second-order valence-corrected chi connectivity index (χ2v) is 7.13. The van der Waals surface area contributed by atoms with Gasteiger partial charge < -0.3 is 0 Å². The minimum Gasteiger partial charge on any atom is -0.280 e. The highest BCUT2D eigenvalue weighted by Crippen LogP contribution is 2.25. The van der Waals surface area contributed by atoms with Crippen LogP contribution < -0.4 is 4.72 Å². The van der Waals surface area contributed by atoms with Crippen molar-refractivity contribution >= 4 is 37.3 Å². The summed E-state index contributed by atoms with van der Waals surface area (Å²) in [6.45, 7) is 1.92. The number of thiazole rings is 1. The summed E-state index contributed by atoms with van der Waals surface area (Å²) >= 11 is 1.58. The molecule has 0 aliphatic heterocycles. The van der Waals surface area contributed by atoms with Crippen LogP contribution in [0.5, 0.6) is 0 Å². The number of nitrogens with zero attached hydrogens (tertiary/aromatic N) is 2. The third kappa shape index (κ3) is 2.50. The van der Waals surface area contributed by atoms with E-state index in [-0.39, 0.29) is 4.90 Å². The molecular formula is C13H11N3O2S2. The highest BCUT2D eigenvalue weighted by atomic mass is 32.2. The monoisotopic (exact) mass is 305 g/mol. The van der Waals surface area contributed by atoms with E-state index in [1.54, 1.807) is 29.5 Å². The zero-order valence-corrected chi connectivity index (χ0v) is 12.2. The number of hydrogen-bond donors (Lipinski definition) is 1. The standard InChI is InChI=1S/C13H11N3O2S2/c1-9-15-12-7-10(4-5-13(12)19-9)16-20(17,18)11-3-2-6-14-8-11/h2-8,16H,1H3. The van der Waals surface area contributed by atoms with Crippen molar-refractivity contribution in [2.24, 2.45) is 0 Å². The van der Waals surface area contributed by atoms with E-state index in [1.807, 2.05) is 13.0 Å². The second-order valence-electron chi connectivity index (χ2n) is 4.21. The van der Waals surface area contributed by atoms with Gasteiger partial charge in [-0.2, -0.15) is 0 Å². The molecule has 20 heavy (non-hydrogen) atoms. The molecule has 1 N–H and O–H groups in total. The molecule has 0 fully saturated rings. The first-order valence-electron chi connectivity index (χ1n) is 5.85. The molecule has 3 aromatic rings. The lowest BCUT2D eigenvalue weighted by molar-refractivity contribution is 0.601. The van der Waals surface area contributed by atoms with E-state index in [0.29, 0.717) is 5.69 Å². The van der Waals surface area contributed by atoms with Crippen LogP contribution in [0, 0.1) is 6.92 Å². The van der Waals surface area contributed by atoms with Gasteiger partial charge in [-0.15, -0.1) is 11.3 Å². The molecule has 0 saturated carbocycles. The fourth-order valence-electron chi connectivity index (χ4n) is 1.83. The van der Waals surface area contributed by atoms with E-state index in [0.717, 1.165) is 15.2 Å². The molecule has 7 heteroatoms. The normalized spacial score (nSPS) is 11.7. The Hall–Kier alpha value is -1.99. The Morgan fingerprint density at radius 2 is 2.10 bits per heavy atom. The summed E-state index contributed by atoms with van der Waals surface area (Å²) in [6, 6.07) is 8.41. The molecule has 0 spiro atoms. The SMILES string of the molecule is Cc1nc2cc(NS(=O)(=O)c3cccnc3)ccc2s1. The van der Waals surface area contributed by atoms with E-state index in [9.17, 15) is 8.42 Å². The summed E-state index contributed by atoms with van der Waals surface area (Å²) in [6.07, 6.45) is 2.84. The maximum Gasteiger partial charge on any atom is 0.263 e. The van der Waals surface area contributed by atoms with Crippen LogP contribution in [-0.2, 0) is 10.0 Å². The largest absolute Gasteiger partial charge is 0.280 e. The van der Waals surface area contributed by atoms with Gasteiger partial charge >= 0.3 is 0 Å². The molecule has 0 amide bonds. The smallest absolute Gasteiger partial charge is 0.263 e. The third-order valence-corrected chi connectivity index (χ3v) is 5.01. The van der Waals surface area contributed by atoms with Crippen LogP contribution in [0.1, 0.15) is 5.01 Å². The van der Waals surface area contributed by atoms with Gasteiger partial charge in [-0.05, 0) is 37.3 Å². The van der Waals surface area contributed by atoms with Crippen LogP contribution in [0.3, 0.4) is 0 Å². The Morgan fingerprint density at radius 3 is 2.85 bits per heavy atom. The average molecular weight is 305 g/mol. The van der Waals surface area contributed by atoms with Crippen LogP contribution in [0.2, 0.25) is 0 Å². The minimum atomic E-state index is -3.61. The van der Waals surface area contributed by atoms with E-state index in [4.69, 9.17) is 0 Å². The van der Waals surface area contributed by atoms with Crippen molar-refractivity contribution in [1.82, 2.24) is 9.97 Å². The first kappa shape index (κ1) is 13.0. The van der Waals surface area contributed by atoms with Gasteiger partial charge in [0.25, 0.3) is 10.0 Å². The number of rotatable bonds is 3.